The number of alkyl halides is 3. The first-order valence-corrected chi connectivity index (χ1v) is 5.25. The molecule has 17 heavy (non-hydrogen) atoms. The quantitative estimate of drug-likeness (QED) is 0.905. The van der Waals surface area contributed by atoms with E-state index in [1.165, 1.54) is 10.5 Å². The molecule has 0 atom stereocenters. The molecular weight excluding hydrogens is 255 g/mol. The van der Waals surface area contributed by atoms with Crippen molar-refractivity contribution in [3.8, 4) is 0 Å². The maximum Gasteiger partial charge on any atom is 0.417 e. The monoisotopic (exact) mass is 263 g/mol. The van der Waals surface area contributed by atoms with Crippen molar-refractivity contribution in [2.75, 3.05) is 6.54 Å². The van der Waals surface area contributed by atoms with E-state index in [-0.39, 0.29) is 5.15 Å². The molecule has 0 saturated heterocycles. The van der Waals surface area contributed by atoms with Crippen LogP contribution in [0.4, 0.5) is 13.2 Å². The summed E-state index contributed by atoms with van der Waals surface area (Å²) in [6.07, 6.45) is -3.02. The Hall–Kier alpha value is -1.27. The van der Waals surface area contributed by atoms with Gasteiger partial charge < -0.3 is 10.1 Å². The first-order valence-electron chi connectivity index (χ1n) is 4.87. The van der Waals surface area contributed by atoms with E-state index >= 15 is 0 Å². The van der Waals surface area contributed by atoms with Crippen molar-refractivity contribution >= 4 is 17.2 Å². The maximum absolute atomic E-state index is 12.5. The highest BCUT2D eigenvalue weighted by atomic mass is 35.5. The Balaban J connectivity index is 2.62. The van der Waals surface area contributed by atoms with E-state index in [1.54, 1.807) is 0 Å². The molecule has 92 valence electrons. The molecule has 7 heteroatoms. The zero-order valence-electron chi connectivity index (χ0n) is 8.63. The number of aromatic nitrogens is 2. The van der Waals surface area contributed by atoms with E-state index in [0.717, 1.165) is 12.3 Å². The van der Waals surface area contributed by atoms with Crippen LogP contribution in [0.25, 0.3) is 5.65 Å². The number of pyridine rings is 1. The average Bonchev–Trinajstić information content (AvgIpc) is 2.54. The summed E-state index contributed by atoms with van der Waals surface area (Å²) in [7, 11) is 0. The van der Waals surface area contributed by atoms with Gasteiger partial charge in [-0.2, -0.15) is 13.2 Å². The lowest BCUT2D eigenvalue weighted by Gasteiger charge is -2.07. The topological polar surface area (TPSA) is 43.3 Å². The molecule has 0 bridgehead atoms. The largest absolute Gasteiger partial charge is 0.417 e. The van der Waals surface area contributed by atoms with Gasteiger partial charge in [-0.15, -0.1) is 0 Å². The third-order valence-electron chi connectivity index (χ3n) is 2.38. The summed E-state index contributed by atoms with van der Waals surface area (Å²) in [5.74, 6) is 0. The third kappa shape index (κ3) is 2.23. The molecule has 0 spiro atoms. The molecule has 0 amide bonds. The van der Waals surface area contributed by atoms with Gasteiger partial charge in [0.2, 0.25) is 0 Å². The maximum atomic E-state index is 12.5. The van der Waals surface area contributed by atoms with E-state index in [0.29, 0.717) is 24.3 Å². The van der Waals surface area contributed by atoms with Gasteiger partial charge in [0.15, 0.2) is 5.15 Å². The van der Waals surface area contributed by atoms with Crippen molar-refractivity contribution in [2.24, 2.45) is 5.73 Å². The highest BCUT2D eigenvalue weighted by Gasteiger charge is 2.31. The fraction of sp³-hybridized carbons (Fsp3) is 0.300. The summed E-state index contributed by atoms with van der Waals surface area (Å²) < 4.78 is 39.0. The van der Waals surface area contributed by atoms with Crippen LogP contribution in [-0.2, 0) is 12.6 Å². The molecule has 0 aliphatic heterocycles. The average molecular weight is 264 g/mol. The Labute approximate surface area is 100 Å². The Morgan fingerprint density at radius 3 is 2.65 bits per heavy atom. The predicted octanol–water partition coefficient (Wildman–Crippen LogP) is 2.51. The van der Waals surface area contributed by atoms with Gasteiger partial charge in [0.05, 0.1) is 11.3 Å². The second kappa shape index (κ2) is 4.19. The molecule has 0 saturated carbocycles. The summed E-state index contributed by atoms with van der Waals surface area (Å²) >= 11 is 5.84. The van der Waals surface area contributed by atoms with Crippen molar-refractivity contribution in [1.82, 2.24) is 9.38 Å². The minimum absolute atomic E-state index is 0.190. The lowest BCUT2D eigenvalue weighted by molar-refractivity contribution is -0.137. The van der Waals surface area contributed by atoms with E-state index in [2.05, 4.69) is 4.98 Å². The summed E-state index contributed by atoms with van der Waals surface area (Å²) in [6.45, 7) is 0.295. The number of fused-ring (bicyclic) bond motifs is 1. The predicted molar refractivity (Wildman–Crippen MR) is 58.0 cm³/mol. The lowest BCUT2D eigenvalue weighted by Crippen LogP contribution is -2.09. The normalized spacial score (nSPS) is 12.3. The molecule has 2 N–H and O–H groups in total. The molecule has 2 rings (SSSR count). The van der Waals surface area contributed by atoms with Crippen LogP contribution >= 0.6 is 11.6 Å². The number of halogens is 4. The molecule has 0 unspecified atom stereocenters. The molecule has 2 aromatic rings. The van der Waals surface area contributed by atoms with Crippen LogP contribution < -0.4 is 5.73 Å². The minimum atomic E-state index is -4.38. The number of nitrogens with two attached hydrogens (primary N) is 1. The Morgan fingerprint density at radius 1 is 1.35 bits per heavy atom. The number of rotatable bonds is 2. The second-order valence-electron chi connectivity index (χ2n) is 3.53. The number of hydrogen-bond acceptors (Lipinski definition) is 2. The van der Waals surface area contributed by atoms with Crippen molar-refractivity contribution < 1.29 is 13.2 Å². The molecule has 3 nitrogen and oxygen atoms in total. The van der Waals surface area contributed by atoms with Crippen LogP contribution in [0, 0.1) is 0 Å². The van der Waals surface area contributed by atoms with Gasteiger partial charge in [0, 0.05) is 12.6 Å². The fourth-order valence-electron chi connectivity index (χ4n) is 1.59. The van der Waals surface area contributed by atoms with Crippen molar-refractivity contribution in [3.63, 3.8) is 0 Å². The van der Waals surface area contributed by atoms with Crippen molar-refractivity contribution in [1.29, 1.82) is 0 Å². The van der Waals surface area contributed by atoms with E-state index in [4.69, 9.17) is 17.3 Å². The summed E-state index contributed by atoms with van der Waals surface area (Å²) in [6, 6.07) is 2.26. The molecule has 0 aromatic carbocycles. The van der Waals surface area contributed by atoms with Gasteiger partial charge >= 0.3 is 6.18 Å². The van der Waals surface area contributed by atoms with Crippen LogP contribution in [0.2, 0.25) is 5.15 Å². The Kier molecular flexibility index (Phi) is 3.01. The first kappa shape index (κ1) is 12.2. The SMILES string of the molecule is NCCc1c(Cl)nc2ccc(C(F)(F)F)cn12. The fourth-order valence-corrected chi connectivity index (χ4v) is 1.86. The zero-order chi connectivity index (χ0) is 12.6. The first-order chi connectivity index (χ1) is 7.93. The van der Waals surface area contributed by atoms with Crippen LogP contribution in [0.15, 0.2) is 18.3 Å². The highest BCUT2D eigenvalue weighted by molar-refractivity contribution is 6.30. The summed E-state index contributed by atoms with van der Waals surface area (Å²) in [4.78, 5) is 3.96. The second-order valence-corrected chi connectivity index (χ2v) is 3.89. The summed E-state index contributed by atoms with van der Waals surface area (Å²) in [5.41, 5.74) is 5.52. The Bertz CT molecular complexity index is 547. The lowest BCUT2D eigenvalue weighted by atomic mass is 10.2. The van der Waals surface area contributed by atoms with Gasteiger partial charge in [0.1, 0.15) is 5.65 Å². The zero-order valence-corrected chi connectivity index (χ0v) is 9.39. The number of imidazole rings is 1. The minimum Gasteiger partial charge on any atom is -0.330 e. The van der Waals surface area contributed by atoms with Crippen LogP contribution in [0.3, 0.4) is 0 Å². The molecule has 0 aliphatic carbocycles. The van der Waals surface area contributed by atoms with E-state index in [1.807, 2.05) is 0 Å². The van der Waals surface area contributed by atoms with Crippen LogP contribution in [0.5, 0.6) is 0 Å². The van der Waals surface area contributed by atoms with E-state index in [9.17, 15) is 13.2 Å². The van der Waals surface area contributed by atoms with Crippen molar-refractivity contribution in [3.05, 3.63) is 34.7 Å². The van der Waals surface area contributed by atoms with Crippen LogP contribution in [-0.4, -0.2) is 15.9 Å². The smallest absolute Gasteiger partial charge is 0.330 e. The third-order valence-corrected chi connectivity index (χ3v) is 2.68. The van der Waals surface area contributed by atoms with Crippen LogP contribution in [0.1, 0.15) is 11.3 Å². The van der Waals surface area contributed by atoms with Gasteiger partial charge in [-0.25, -0.2) is 4.98 Å². The highest BCUT2D eigenvalue weighted by Crippen LogP contribution is 2.30. The van der Waals surface area contributed by atoms with Crippen molar-refractivity contribution in [2.45, 2.75) is 12.6 Å². The van der Waals surface area contributed by atoms with Gasteiger partial charge in [-0.1, -0.05) is 11.6 Å². The molecular formula is C10H9ClF3N3. The standard InChI is InChI=1S/C10H9ClF3N3/c11-9-7(3-4-15)17-5-6(10(12,13)14)1-2-8(17)16-9/h1-2,5H,3-4,15H2. The van der Waals surface area contributed by atoms with Gasteiger partial charge in [-0.05, 0) is 18.7 Å². The molecule has 2 aromatic heterocycles. The molecule has 2 heterocycles. The van der Waals surface area contributed by atoms with E-state index < -0.39 is 11.7 Å². The molecule has 0 radical (unpaired) electrons. The summed E-state index contributed by atoms with van der Waals surface area (Å²) in [5, 5.41) is 0.190. The van der Waals surface area contributed by atoms with Gasteiger partial charge in [0.25, 0.3) is 0 Å². The molecule has 0 aliphatic rings. The van der Waals surface area contributed by atoms with Gasteiger partial charge in [-0.3, -0.25) is 0 Å². The Morgan fingerprint density at radius 2 is 2.06 bits per heavy atom. The number of nitrogens with zero attached hydrogens (tertiary/aromatic N) is 2. The number of hydrogen-bond donors (Lipinski definition) is 1. The molecule has 0 fully saturated rings.